The van der Waals surface area contributed by atoms with Gasteiger partial charge < -0.3 is 10.1 Å². The van der Waals surface area contributed by atoms with E-state index in [2.05, 4.69) is 17.0 Å². The Hall–Kier alpha value is -0.570. The minimum Gasteiger partial charge on any atom is -0.469 e. The van der Waals surface area contributed by atoms with Gasteiger partial charge in [-0.3, -0.25) is 4.79 Å². The van der Waals surface area contributed by atoms with Gasteiger partial charge in [-0.2, -0.15) is 0 Å². The molecule has 3 nitrogen and oxygen atoms in total. The van der Waals surface area contributed by atoms with Crippen molar-refractivity contribution in [2.45, 2.75) is 52.4 Å². The van der Waals surface area contributed by atoms with Crippen molar-refractivity contribution in [3.8, 4) is 0 Å². The molecule has 1 atom stereocenters. The van der Waals surface area contributed by atoms with Crippen molar-refractivity contribution in [2.24, 2.45) is 5.92 Å². The first-order chi connectivity index (χ1) is 7.72. The number of carbonyl (C=O) groups is 1. The van der Waals surface area contributed by atoms with Gasteiger partial charge in [-0.15, -0.1) is 0 Å². The zero-order chi connectivity index (χ0) is 12.2. The molecule has 16 heavy (non-hydrogen) atoms. The molecule has 0 spiro atoms. The van der Waals surface area contributed by atoms with Crippen molar-refractivity contribution < 1.29 is 9.53 Å². The number of nitrogens with one attached hydrogen (secondary N) is 1. The molecule has 0 aliphatic rings. The Labute approximate surface area is 99.9 Å². The largest absolute Gasteiger partial charge is 0.469 e. The van der Waals surface area contributed by atoms with E-state index in [-0.39, 0.29) is 11.9 Å². The van der Waals surface area contributed by atoms with Crippen molar-refractivity contribution in [1.82, 2.24) is 5.32 Å². The number of hydrogen-bond donors (Lipinski definition) is 1. The van der Waals surface area contributed by atoms with E-state index in [9.17, 15) is 4.79 Å². The van der Waals surface area contributed by atoms with Gasteiger partial charge in [0, 0.05) is 6.54 Å². The molecule has 0 rings (SSSR count). The van der Waals surface area contributed by atoms with Crippen molar-refractivity contribution >= 4 is 5.97 Å². The number of hydrogen-bond acceptors (Lipinski definition) is 3. The Morgan fingerprint density at radius 1 is 1.19 bits per heavy atom. The summed E-state index contributed by atoms with van der Waals surface area (Å²) in [5, 5.41) is 3.29. The third-order valence-electron chi connectivity index (χ3n) is 2.76. The lowest BCUT2D eigenvalue weighted by Gasteiger charge is -2.10. The summed E-state index contributed by atoms with van der Waals surface area (Å²) >= 11 is 0. The first-order valence-corrected chi connectivity index (χ1v) is 6.50. The molecule has 0 bridgehead atoms. The second kappa shape index (κ2) is 10.9. The van der Waals surface area contributed by atoms with Crippen molar-refractivity contribution in [1.29, 1.82) is 0 Å². The maximum atomic E-state index is 11.1. The zero-order valence-corrected chi connectivity index (χ0v) is 11.1. The van der Waals surface area contributed by atoms with Crippen LogP contribution in [0.15, 0.2) is 0 Å². The van der Waals surface area contributed by atoms with Crippen LogP contribution in [0.2, 0.25) is 0 Å². The van der Waals surface area contributed by atoms with E-state index >= 15 is 0 Å². The van der Waals surface area contributed by atoms with E-state index in [1.807, 2.05) is 6.92 Å². The summed E-state index contributed by atoms with van der Waals surface area (Å²) in [4.78, 5) is 11.1. The topological polar surface area (TPSA) is 38.3 Å². The van der Waals surface area contributed by atoms with Crippen LogP contribution in [0.25, 0.3) is 0 Å². The van der Waals surface area contributed by atoms with E-state index in [1.54, 1.807) is 0 Å². The van der Waals surface area contributed by atoms with Gasteiger partial charge in [0.1, 0.15) is 0 Å². The highest BCUT2D eigenvalue weighted by atomic mass is 16.5. The molecule has 0 aromatic rings. The average Bonchev–Trinajstić information content (AvgIpc) is 2.31. The van der Waals surface area contributed by atoms with Crippen LogP contribution < -0.4 is 5.32 Å². The van der Waals surface area contributed by atoms with Crippen LogP contribution in [-0.4, -0.2) is 26.2 Å². The lowest BCUT2D eigenvalue weighted by Crippen LogP contribution is -2.27. The number of methoxy groups -OCH3 is 1. The molecule has 0 saturated carbocycles. The van der Waals surface area contributed by atoms with Crippen LogP contribution in [0, 0.1) is 5.92 Å². The van der Waals surface area contributed by atoms with Gasteiger partial charge in [0.25, 0.3) is 0 Å². The van der Waals surface area contributed by atoms with Crippen LogP contribution in [0.4, 0.5) is 0 Å². The summed E-state index contributed by atoms with van der Waals surface area (Å²) in [5.74, 6) is -0.166. The Bertz CT molecular complexity index is 171. The molecule has 0 aliphatic heterocycles. The predicted molar refractivity (Wildman–Crippen MR) is 67.4 cm³/mol. The second-order valence-electron chi connectivity index (χ2n) is 4.40. The summed E-state index contributed by atoms with van der Waals surface area (Å²) in [7, 11) is 1.44. The van der Waals surface area contributed by atoms with Gasteiger partial charge >= 0.3 is 5.97 Å². The summed E-state index contributed by atoms with van der Waals surface area (Å²) in [5.41, 5.74) is 0. The Morgan fingerprint density at radius 3 is 2.44 bits per heavy atom. The third-order valence-corrected chi connectivity index (χ3v) is 2.76. The summed E-state index contributed by atoms with van der Waals surface area (Å²) in [6.07, 6.45) is 7.84. The molecule has 0 radical (unpaired) electrons. The van der Waals surface area contributed by atoms with Crippen LogP contribution in [0.5, 0.6) is 0 Å². The number of esters is 1. The molecule has 0 aromatic heterocycles. The summed E-state index contributed by atoms with van der Waals surface area (Å²) < 4.78 is 4.66. The highest BCUT2D eigenvalue weighted by molar-refractivity contribution is 5.71. The van der Waals surface area contributed by atoms with E-state index in [0.29, 0.717) is 0 Å². The quantitative estimate of drug-likeness (QED) is 0.462. The minimum atomic E-state index is -0.129. The fraction of sp³-hybridized carbons (Fsp3) is 0.923. The highest BCUT2D eigenvalue weighted by Gasteiger charge is 2.11. The van der Waals surface area contributed by atoms with Crippen LogP contribution in [0.3, 0.4) is 0 Å². The second-order valence-corrected chi connectivity index (χ2v) is 4.40. The van der Waals surface area contributed by atoms with E-state index in [4.69, 9.17) is 0 Å². The molecule has 0 aromatic carbocycles. The van der Waals surface area contributed by atoms with Gasteiger partial charge in [0.15, 0.2) is 0 Å². The van der Waals surface area contributed by atoms with Crippen LogP contribution >= 0.6 is 0 Å². The minimum absolute atomic E-state index is 0.0370. The Balaban J connectivity index is 3.17. The molecule has 0 saturated heterocycles. The number of carbonyl (C=O) groups excluding carboxylic acids is 1. The standard InChI is InChI=1S/C13H27NO2/c1-4-5-6-7-8-9-10-14-11-12(2)13(15)16-3/h12,14H,4-11H2,1-3H3. The molecule has 1 N–H and O–H groups in total. The van der Waals surface area contributed by atoms with Crippen LogP contribution in [0.1, 0.15) is 52.4 Å². The maximum absolute atomic E-state index is 11.1. The fourth-order valence-corrected chi connectivity index (χ4v) is 1.63. The number of unbranched alkanes of at least 4 members (excludes halogenated alkanes) is 5. The number of rotatable bonds is 10. The zero-order valence-electron chi connectivity index (χ0n) is 11.1. The molecular formula is C13H27NO2. The molecule has 0 aliphatic carbocycles. The normalized spacial score (nSPS) is 12.4. The van der Waals surface area contributed by atoms with Crippen LogP contribution in [-0.2, 0) is 9.53 Å². The SMILES string of the molecule is CCCCCCCCNCC(C)C(=O)OC. The molecule has 3 heteroatoms. The number of ether oxygens (including phenoxy) is 1. The highest BCUT2D eigenvalue weighted by Crippen LogP contribution is 2.04. The average molecular weight is 229 g/mol. The van der Waals surface area contributed by atoms with E-state index in [0.717, 1.165) is 13.1 Å². The monoisotopic (exact) mass is 229 g/mol. The summed E-state index contributed by atoms with van der Waals surface area (Å²) in [6.45, 7) is 5.85. The van der Waals surface area contributed by atoms with Crippen molar-refractivity contribution in [2.75, 3.05) is 20.2 Å². The lowest BCUT2D eigenvalue weighted by atomic mass is 10.1. The van der Waals surface area contributed by atoms with Gasteiger partial charge in [-0.1, -0.05) is 46.0 Å². The fourth-order valence-electron chi connectivity index (χ4n) is 1.63. The Kier molecular flexibility index (Phi) is 10.5. The molecular weight excluding hydrogens is 202 g/mol. The van der Waals surface area contributed by atoms with Gasteiger partial charge in [-0.25, -0.2) is 0 Å². The van der Waals surface area contributed by atoms with Gasteiger partial charge in [0.2, 0.25) is 0 Å². The molecule has 96 valence electrons. The molecule has 0 amide bonds. The molecule has 1 unspecified atom stereocenters. The smallest absolute Gasteiger partial charge is 0.309 e. The Morgan fingerprint density at radius 2 is 1.81 bits per heavy atom. The summed E-state index contributed by atoms with van der Waals surface area (Å²) in [6, 6.07) is 0. The van der Waals surface area contributed by atoms with Gasteiger partial charge in [-0.05, 0) is 13.0 Å². The first kappa shape index (κ1) is 15.4. The molecule has 0 heterocycles. The van der Waals surface area contributed by atoms with Crippen molar-refractivity contribution in [3.63, 3.8) is 0 Å². The molecule has 0 fully saturated rings. The van der Waals surface area contributed by atoms with Gasteiger partial charge in [0.05, 0.1) is 13.0 Å². The van der Waals surface area contributed by atoms with Crippen molar-refractivity contribution in [3.05, 3.63) is 0 Å². The van der Waals surface area contributed by atoms with E-state index < -0.39 is 0 Å². The van der Waals surface area contributed by atoms with E-state index in [1.165, 1.54) is 45.6 Å². The third kappa shape index (κ3) is 8.72. The maximum Gasteiger partial charge on any atom is 0.309 e. The lowest BCUT2D eigenvalue weighted by molar-refractivity contribution is -0.144. The predicted octanol–water partition coefficient (Wildman–Crippen LogP) is 2.75. The first-order valence-electron chi connectivity index (χ1n) is 6.50.